The molecule has 5 heteroatoms. The fourth-order valence-corrected chi connectivity index (χ4v) is 5.62. The van der Waals surface area contributed by atoms with Crippen molar-refractivity contribution in [2.75, 3.05) is 6.61 Å². The number of hydrogen-bond donors (Lipinski definition) is 2. The number of hydrogen-bond acceptors (Lipinski definition) is 5. The Morgan fingerprint density at radius 1 is 1.16 bits per heavy atom. The zero-order valence-corrected chi connectivity index (χ0v) is 18.6. The molecule has 0 aromatic carbocycles. The van der Waals surface area contributed by atoms with Crippen LogP contribution in [0.2, 0.25) is 0 Å². The van der Waals surface area contributed by atoms with Crippen molar-refractivity contribution < 1.29 is 14.9 Å². The largest absolute Gasteiger partial charge is 0.507 e. The molecular formula is C27H32N2O3. The van der Waals surface area contributed by atoms with Gasteiger partial charge in [-0.05, 0) is 37.7 Å². The van der Waals surface area contributed by atoms with Gasteiger partial charge in [-0.3, -0.25) is 0 Å². The Hall–Kier alpha value is -2.50. The number of aliphatic hydroxyl groups excluding tert-OH is 2. The van der Waals surface area contributed by atoms with E-state index in [1.165, 1.54) is 5.57 Å². The van der Waals surface area contributed by atoms with Crippen molar-refractivity contribution in [1.29, 1.82) is 0 Å². The zero-order valence-electron chi connectivity index (χ0n) is 18.6. The predicted molar refractivity (Wildman–Crippen MR) is 128 cm³/mol. The lowest BCUT2D eigenvalue weighted by molar-refractivity contribution is 0.0625. The van der Waals surface area contributed by atoms with Gasteiger partial charge in [-0.15, -0.1) is 0 Å². The maximum atomic E-state index is 10.6. The SMILES string of the molecule is CCCOC1CC(C2C3C=CCCC3=CC3C=CC=CC32)=NC(C2=C(O)C=CCC2O)=N1. The summed E-state index contributed by atoms with van der Waals surface area (Å²) < 4.78 is 6.08. The van der Waals surface area contributed by atoms with Crippen LogP contribution in [0, 0.1) is 23.7 Å². The third-order valence-corrected chi connectivity index (χ3v) is 7.09. The van der Waals surface area contributed by atoms with Crippen LogP contribution >= 0.6 is 0 Å². The number of fused-ring (bicyclic) bond motifs is 2. The van der Waals surface area contributed by atoms with E-state index in [2.05, 4.69) is 49.5 Å². The fourth-order valence-electron chi connectivity index (χ4n) is 5.62. The van der Waals surface area contributed by atoms with Gasteiger partial charge >= 0.3 is 0 Å². The Bertz CT molecular complexity index is 994. The minimum absolute atomic E-state index is 0.0434. The average molecular weight is 433 g/mol. The van der Waals surface area contributed by atoms with Crippen LogP contribution in [0.15, 0.2) is 81.6 Å². The Labute approximate surface area is 190 Å². The van der Waals surface area contributed by atoms with Crippen molar-refractivity contribution in [2.45, 2.75) is 51.4 Å². The molecule has 0 saturated carbocycles. The third kappa shape index (κ3) is 4.00. The van der Waals surface area contributed by atoms with Gasteiger partial charge in [0.05, 0.1) is 11.7 Å². The Balaban J connectivity index is 1.57. The van der Waals surface area contributed by atoms with Gasteiger partial charge in [0.25, 0.3) is 0 Å². The number of allylic oxidation sites excluding steroid dienone is 9. The van der Waals surface area contributed by atoms with E-state index in [0.717, 1.165) is 25.0 Å². The molecule has 5 rings (SSSR count). The highest BCUT2D eigenvalue weighted by atomic mass is 16.5. The fraction of sp³-hybridized carbons (Fsp3) is 0.481. The molecule has 0 amide bonds. The summed E-state index contributed by atoms with van der Waals surface area (Å²) in [6.07, 6.45) is 22.5. The van der Waals surface area contributed by atoms with Crippen molar-refractivity contribution in [2.24, 2.45) is 33.7 Å². The van der Waals surface area contributed by atoms with Crippen LogP contribution in [-0.4, -0.2) is 40.7 Å². The lowest BCUT2D eigenvalue weighted by Gasteiger charge is -2.43. The molecule has 168 valence electrons. The van der Waals surface area contributed by atoms with Crippen LogP contribution in [0.5, 0.6) is 0 Å². The van der Waals surface area contributed by atoms with Gasteiger partial charge in [0, 0.05) is 36.5 Å². The monoisotopic (exact) mass is 432 g/mol. The molecule has 0 saturated heterocycles. The molecule has 32 heavy (non-hydrogen) atoms. The van der Waals surface area contributed by atoms with Crippen molar-refractivity contribution in [3.63, 3.8) is 0 Å². The van der Waals surface area contributed by atoms with E-state index in [0.29, 0.717) is 48.6 Å². The summed E-state index contributed by atoms with van der Waals surface area (Å²) in [5.74, 6) is 1.71. The van der Waals surface area contributed by atoms with Crippen molar-refractivity contribution in [1.82, 2.24) is 0 Å². The highest BCUT2D eigenvalue weighted by Crippen LogP contribution is 2.46. The number of ether oxygens (including phenoxy) is 1. The molecule has 0 fully saturated rings. The molecule has 0 spiro atoms. The quantitative estimate of drug-likeness (QED) is 0.601. The van der Waals surface area contributed by atoms with E-state index >= 15 is 0 Å². The highest BCUT2D eigenvalue weighted by Gasteiger charge is 2.42. The van der Waals surface area contributed by atoms with Crippen LogP contribution in [0.4, 0.5) is 0 Å². The standard InChI is InChI=1S/C27H32N2O3/c1-2-14-32-24-16-21(28-27(29-24)26-22(30)12-7-13-23(26)31)25-19-10-5-3-8-17(19)15-18-9-4-6-11-20(18)25/h3,5-8,10-12,15,17,19-20,23-25,30-31H,2,4,9,13-14,16H2,1H3. The van der Waals surface area contributed by atoms with Gasteiger partial charge in [-0.25, -0.2) is 9.98 Å². The number of aliphatic imine (C=N–C) groups is 2. The summed E-state index contributed by atoms with van der Waals surface area (Å²) in [6.45, 7) is 2.71. The molecule has 4 aliphatic carbocycles. The second-order valence-electron chi connectivity index (χ2n) is 9.22. The normalized spacial score (nSPS) is 35.8. The van der Waals surface area contributed by atoms with Crippen LogP contribution in [0.25, 0.3) is 0 Å². The summed E-state index contributed by atoms with van der Waals surface area (Å²) in [5, 5.41) is 21.2. The van der Waals surface area contributed by atoms with Crippen LogP contribution in [0.1, 0.15) is 39.0 Å². The average Bonchev–Trinajstić information content (AvgIpc) is 2.81. The minimum Gasteiger partial charge on any atom is -0.507 e. The van der Waals surface area contributed by atoms with Crippen molar-refractivity contribution in [3.05, 3.63) is 71.6 Å². The van der Waals surface area contributed by atoms with Gasteiger partial charge in [0.2, 0.25) is 0 Å². The molecular weight excluding hydrogens is 400 g/mol. The van der Waals surface area contributed by atoms with Gasteiger partial charge in [-0.1, -0.05) is 61.1 Å². The molecule has 2 N–H and O–H groups in total. The molecule has 1 aliphatic heterocycles. The topological polar surface area (TPSA) is 74.4 Å². The van der Waals surface area contributed by atoms with Gasteiger partial charge in [0.1, 0.15) is 5.76 Å². The first-order chi connectivity index (χ1) is 15.7. The Kier molecular flexibility index (Phi) is 6.11. The third-order valence-electron chi connectivity index (χ3n) is 7.09. The van der Waals surface area contributed by atoms with Crippen LogP contribution in [0.3, 0.4) is 0 Å². The molecule has 0 bridgehead atoms. The van der Waals surface area contributed by atoms with Crippen LogP contribution in [-0.2, 0) is 4.74 Å². The van der Waals surface area contributed by atoms with E-state index in [9.17, 15) is 10.2 Å². The zero-order chi connectivity index (χ0) is 22.1. The Morgan fingerprint density at radius 3 is 2.88 bits per heavy atom. The summed E-state index contributed by atoms with van der Waals surface area (Å²) in [4.78, 5) is 9.75. The maximum Gasteiger partial charge on any atom is 0.159 e. The van der Waals surface area contributed by atoms with E-state index in [-0.39, 0.29) is 17.9 Å². The molecule has 5 nitrogen and oxygen atoms in total. The summed E-state index contributed by atoms with van der Waals surface area (Å²) >= 11 is 0. The molecule has 0 aromatic rings. The molecule has 0 radical (unpaired) electrons. The molecule has 1 heterocycles. The predicted octanol–water partition coefficient (Wildman–Crippen LogP) is 5.00. The summed E-state index contributed by atoms with van der Waals surface area (Å²) in [5.41, 5.74) is 2.98. The molecule has 0 aromatic heterocycles. The highest BCUT2D eigenvalue weighted by molar-refractivity contribution is 6.10. The lowest BCUT2D eigenvalue weighted by atomic mass is 9.62. The first kappa shape index (κ1) is 21.4. The number of amidine groups is 1. The van der Waals surface area contributed by atoms with E-state index in [1.807, 2.05) is 0 Å². The number of aliphatic hydroxyl groups is 2. The van der Waals surface area contributed by atoms with Gasteiger partial charge in [-0.2, -0.15) is 0 Å². The summed E-state index contributed by atoms with van der Waals surface area (Å²) in [7, 11) is 0. The lowest BCUT2D eigenvalue weighted by Crippen LogP contribution is -2.41. The van der Waals surface area contributed by atoms with E-state index < -0.39 is 6.10 Å². The molecule has 5 aliphatic rings. The van der Waals surface area contributed by atoms with Crippen molar-refractivity contribution in [3.8, 4) is 0 Å². The van der Waals surface area contributed by atoms with Gasteiger partial charge in [0.15, 0.2) is 12.1 Å². The second-order valence-corrected chi connectivity index (χ2v) is 9.22. The van der Waals surface area contributed by atoms with Crippen molar-refractivity contribution >= 4 is 11.5 Å². The summed E-state index contributed by atoms with van der Waals surface area (Å²) in [6, 6.07) is 0. The minimum atomic E-state index is -0.810. The number of nitrogens with zero attached hydrogens (tertiary/aromatic N) is 2. The number of rotatable bonds is 5. The first-order valence-electron chi connectivity index (χ1n) is 11.9. The molecule has 6 unspecified atom stereocenters. The van der Waals surface area contributed by atoms with E-state index in [4.69, 9.17) is 14.7 Å². The second kappa shape index (κ2) is 9.16. The van der Waals surface area contributed by atoms with Gasteiger partial charge < -0.3 is 14.9 Å². The first-order valence-corrected chi connectivity index (χ1v) is 11.9. The maximum absolute atomic E-state index is 10.6. The smallest absolute Gasteiger partial charge is 0.159 e. The Morgan fingerprint density at radius 2 is 2.03 bits per heavy atom. The van der Waals surface area contributed by atoms with Crippen LogP contribution < -0.4 is 0 Å². The van der Waals surface area contributed by atoms with E-state index in [1.54, 1.807) is 12.2 Å². The molecule has 6 atom stereocenters.